The molecule has 12 heavy (non-hydrogen) atoms. The summed E-state index contributed by atoms with van der Waals surface area (Å²) < 4.78 is 24.4. The van der Waals surface area contributed by atoms with Gasteiger partial charge in [-0.25, -0.2) is 8.42 Å². The van der Waals surface area contributed by atoms with Crippen molar-refractivity contribution in [2.45, 2.75) is 37.4 Å². The first-order chi connectivity index (χ1) is 5.67. The van der Waals surface area contributed by atoms with Crippen LogP contribution in [0, 0.1) is 0 Å². The number of amides is 1. The summed E-state index contributed by atoms with van der Waals surface area (Å²) in [6.45, 7) is 0. The van der Waals surface area contributed by atoms with Crippen LogP contribution in [0.3, 0.4) is 0 Å². The van der Waals surface area contributed by atoms with Crippen molar-refractivity contribution in [2.75, 3.05) is 0 Å². The van der Waals surface area contributed by atoms with Crippen LogP contribution in [-0.2, 0) is 14.8 Å². The summed E-state index contributed by atoms with van der Waals surface area (Å²) in [5.74, 6) is 0. The molecule has 1 fully saturated rings. The second-order valence-corrected chi connectivity index (χ2v) is 5.03. The fraction of sp³-hybridized carbons (Fsp3) is 0.857. The van der Waals surface area contributed by atoms with Crippen LogP contribution in [0.2, 0.25) is 0 Å². The fourth-order valence-electron chi connectivity index (χ4n) is 1.54. The molecule has 0 aromatic heterocycles. The number of carbonyl (C=O) groups is 1. The van der Waals surface area contributed by atoms with Crippen LogP contribution in [0.5, 0.6) is 0 Å². The monoisotopic (exact) mass is 191 g/mol. The van der Waals surface area contributed by atoms with Gasteiger partial charge in [0.15, 0.2) is 0 Å². The largest absolute Gasteiger partial charge is 0.278 e. The second kappa shape index (κ2) is 3.89. The predicted molar refractivity (Wildman–Crippen MR) is 45.0 cm³/mol. The molecule has 1 rings (SSSR count). The Hall–Kier alpha value is -0.580. The molecule has 0 saturated heterocycles. The van der Waals surface area contributed by atoms with Crippen molar-refractivity contribution in [1.29, 1.82) is 0 Å². The highest BCUT2D eigenvalue weighted by Gasteiger charge is 2.26. The van der Waals surface area contributed by atoms with Crippen molar-refractivity contribution >= 4 is 16.4 Å². The zero-order valence-electron chi connectivity index (χ0n) is 6.82. The molecule has 0 aromatic carbocycles. The van der Waals surface area contributed by atoms with Gasteiger partial charge in [0.1, 0.15) is 0 Å². The summed E-state index contributed by atoms with van der Waals surface area (Å²) >= 11 is 0. The van der Waals surface area contributed by atoms with Crippen molar-refractivity contribution in [3.05, 3.63) is 0 Å². The lowest BCUT2D eigenvalue weighted by molar-refractivity contribution is -0.108. The van der Waals surface area contributed by atoms with E-state index < -0.39 is 10.0 Å². The molecule has 1 N–H and O–H groups in total. The molecule has 1 saturated carbocycles. The number of carbonyl (C=O) groups excluding carboxylic acids is 1. The maximum absolute atomic E-state index is 11.2. The number of hydrogen-bond donors (Lipinski definition) is 1. The van der Waals surface area contributed by atoms with E-state index in [9.17, 15) is 13.2 Å². The van der Waals surface area contributed by atoms with Crippen molar-refractivity contribution in [3.8, 4) is 0 Å². The maximum atomic E-state index is 11.2. The minimum atomic E-state index is -3.35. The van der Waals surface area contributed by atoms with Gasteiger partial charge >= 0.3 is 0 Å². The molecule has 0 heterocycles. The fourth-order valence-corrected chi connectivity index (χ4v) is 2.82. The zero-order chi connectivity index (χ0) is 9.03. The first kappa shape index (κ1) is 9.51. The van der Waals surface area contributed by atoms with Crippen molar-refractivity contribution in [2.24, 2.45) is 0 Å². The second-order valence-electron chi connectivity index (χ2n) is 3.04. The Morgan fingerprint density at radius 1 is 1.17 bits per heavy atom. The van der Waals surface area contributed by atoms with Gasteiger partial charge in [-0.2, -0.15) is 0 Å². The Labute approximate surface area is 72.4 Å². The predicted octanol–water partition coefficient (Wildman–Crippen LogP) is 0.395. The molecule has 1 amide bonds. The van der Waals surface area contributed by atoms with E-state index in [1.807, 2.05) is 4.72 Å². The maximum Gasteiger partial charge on any atom is 0.237 e. The Bertz CT molecular complexity index is 241. The van der Waals surface area contributed by atoms with Gasteiger partial charge in [0.05, 0.1) is 5.25 Å². The third-order valence-electron chi connectivity index (χ3n) is 2.20. The number of rotatable bonds is 3. The molecule has 0 radical (unpaired) electrons. The number of sulfonamides is 1. The third-order valence-corrected chi connectivity index (χ3v) is 3.98. The van der Waals surface area contributed by atoms with Gasteiger partial charge in [0.2, 0.25) is 16.4 Å². The van der Waals surface area contributed by atoms with Gasteiger partial charge in [-0.15, -0.1) is 0 Å². The van der Waals surface area contributed by atoms with Crippen LogP contribution >= 0.6 is 0 Å². The van der Waals surface area contributed by atoms with Gasteiger partial charge in [0.25, 0.3) is 0 Å². The number of hydrogen-bond acceptors (Lipinski definition) is 3. The standard InChI is InChI=1S/C7H13NO3S/c9-6-8-12(10,11)7-4-2-1-3-5-7/h6-7H,1-5H2,(H,8,9). The lowest BCUT2D eigenvalue weighted by Crippen LogP contribution is -2.34. The van der Waals surface area contributed by atoms with E-state index in [0.717, 1.165) is 19.3 Å². The summed E-state index contributed by atoms with van der Waals surface area (Å²) in [5.41, 5.74) is 0. The SMILES string of the molecule is O=CNS(=O)(=O)C1CCCCC1. The average Bonchev–Trinajstić information content (AvgIpc) is 2.06. The molecule has 0 spiro atoms. The molecule has 0 unspecified atom stereocenters. The summed E-state index contributed by atoms with van der Waals surface area (Å²) in [4.78, 5) is 9.97. The Morgan fingerprint density at radius 3 is 2.25 bits per heavy atom. The van der Waals surface area contributed by atoms with Crippen LogP contribution in [0.15, 0.2) is 0 Å². The molecule has 5 heteroatoms. The third kappa shape index (κ3) is 2.20. The summed E-state index contributed by atoms with van der Waals surface area (Å²) in [7, 11) is -3.35. The van der Waals surface area contributed by atoms with E-state index in [0.29, 0.717) is 12.8 Å². The Kier molecular flexibility index (Phi) is 3.08. The van der Waals surface area contributed by atoms with E-state index in [1.54, 1.807) is 0 Å². The molecule has 0 aliphatic heterocycles. The van der Waals surface area contributed by atoms with Crippen LogP contribution in [0.1, 0.15) is 32.1 Å². The minimum Gasteiger partial charge on any atom is -0.278 e. The first-order valence-corrected chi connectivity index (χ1v) is 5.66. The van der Waals surface area contributed by atoms with Gasteiger partial charge in [0, 0.05) is 0 Å². The van der Waals surface area contributed by atoms with Gasteiger partial charge in [-0.1, -0.05) is 19.3 Å². The van der Waals surface area contributed by atoms with Crippen LogP contribution in [0.25, 0.3) is 0 Å². The van der Waals surface area contributed by atoms with Gasteiger partial charge < -0.3 is 0 Å². The van der Waals surface area contributed by atoms with E-state index in [-0.39, 0.29) is 11.7 Å². The Balaban J connectivity index is 2.60. The molecule has 0 bridgehead atoms. The highest BCUT2D eigenvalue weighted by atomic mass is 32.2. The number of nitrogens with one attached hydrogen (secondary N) is 1. The van der Waals surface area contributed by atoms with E-state index in [4.69, 9.17) is 0 Å². The van der Waals surface area contributed by atoms with Crippen LogP contribution in [-0.4, -0.2) is 20.1 Å². The molecule has 0 atom stereocenters. The molecule has 1 aliphatic rings. The Morgan fingerprint density at radius 2 is 1.75 bits per heavy atom. The lowest BCUT2D eigenvalue weighted by atomic mass is 10.0. The average molecular weight is 191 g/mol. The smallest absolute Gasteiger partial charge is 0.237 e. The quantitative estimate of drug-likeness (QED) is 0.656. The summed E-state index contributed by atoms with van der Waals surface area (Å²) in [6, 6.07) is 0. The molecule has 70 valence electrons. The van der Waals surface area contributed by atoms with E-state index >= 15 is 0 Å². The summed E-state index contributed by atoms with van der Waals surface area (Å²) in [6.07, 6.45) is 4.61. The highest BCUT2D eigenvalue weighted by Crippen LogP contribution is 2.22. The van der Waals surface area contributed by atoms with Crippen molar-refractivity contribution in [1.82, 2.24) is 4.72 Å². The lowest BCUT2D eigenvalue weighted by Gasteiger charge is -2.20. The normalized spacial score (nSPS) is 20.3. The van der Waals surface area contributed by atoms with Crippen molar-refractivity contribution in [3.63, 3.8) is 0 Å². The van der Waals surface area contributed by atoms with Crippen LogP contribution < -0.4 is 4.72 Å². The first-order valence-electron chi connectivity index (χ1n) is 4.11. The molecular weight excluding hydrogens is 178 g/mol. The molecule has 4 nitrogen and oxygen atoms in total. The zero-order valence-corrected chi connectivity index (χ0v) is 7.64. The topological polar surface area (TPSA) is 63.2 Å². The van der Waals surface area contributed by atoms with Crippen LogP contribution in [0.4, 0.5) is 0 Å². The van der Waals surface area contributed by atoms with E-state index in [1.165, 1.54) is 0 Å². The summed E-state index contributed by atoms with van der Waals surface area (Å²) in [5, 5.41) is -0.351. The van der Waals surface area contributed by atoms with Gasteiger partial charge in [-0.3, -0.25) is 9.52 Å². The van der Waals surface area contributed by atoms with E-state index in [2.05, 4.69) is 0 Å². The minimum absolute atomic E-state index is 0.240. The highest BCUT2D eigenvalue weighted by molar-refractivity contribution is 7.90. The van der Waals surface area contributed by atoms with Crippen molar-refractivity contribution < 1.29 is 13.2 Å². The van der Waals surface area contributed by atoms with Gasteiger partial charge in [-0.05, 0) is 12.8 Å². The molecule has 0 aromatic rings. The molecule has 1 aliphatic carbocycles. The molecular formula is C7H13NO3S.